The molecule has 2 rings (SSSR count). The molecule has 0 aromatic carbocycles. The van der Waals surface area contributed by atoms with Crippen molar-refractivity contribution in [1.82, 2.24) is 10.3 Å². The standard InChI is InChI=1S/C17H28N2O/c1-3-12-18-14(2)16-11-8-13-19-17(16)20-15-9-6-4-5-7-10-15/h8,11,13-15,18H,3-7,9-10,12H2,1-2H3. The number of nitrogens with one attached hydrogen (secondary N) is 1. The highest BCUT2D eigenvalue weighted by Crippen LogP contribution is 2.27. The number of hydrogen-bond donors (Lipinski definition) is 1. The molecule has 1 saturated carbocycles. The maximum atomic E-state index is 6.22. The van der Waals surface area contributed by atoms with Crippen LogP contribution in [0.3, 0.4) is 0 Å². The number of rotatable bonds is 6. The Balaban J connectivity index is 2.02. The van der Waals surface area contributed by atoms with E-state index in [1.807, 2.05) is 12.3 Å². The van der Waals surface area contributed by atoms with E-state index >= 15 is 0 Å². The summed E-state index contributed by atoms with van der Waals surface area (Å²) in [6.07, 6.45) is 11.0. The van der Waals surface area contributed by atoms with E-state index in [0.29, 0.717) is 12.1 Å². The molecule has 0 saturated heterocycles. The van der Waals surface area contributed by atoms with E-state index in [2.05, 4.69) is 30.2 Å². The first kappa shape index (κ1) is 15.3. The average molecular weight is 276 g/mol. The van der Waals surface area contributed by atoms with E-state index in [-0.39, 0.29) is 0 Å². The minimum Gasteiger partial charge on any atom is -0.474 e. The molecule has 1 unspecified atom stereocenters. The van der Waals surface area contributed by atoms with Gasteiger partial charge < -0.3 is 10.1 Å². The lowest BCUT2D eigenvalue weighted by Gasteiger charge is -2.21. The van der Waals surface area contributed by atoms with Crippen LogP contribution in [0.4, 0.5) is 0 Å². The highest BCUT2D eigenvalue weighted by molar-refractivity contribution is 5.28. The number of ether oxygens (including phenoxy) is 1. The van der Waals surface area contributed by atoms with Gasteiger partial charge in [-0.05, 0) is 51.6 Å². The largest absolute Gasteiger partial charge is 0.474 e. The highest BCUT2D eigenvalue weighted by Gasteiger charge is 2.18. The molecule has 1 heterocycles. The molecule has 1 aliphatic carbocycles. The minimum absolute atomic E-state index is 0.296. The second-order valence-electron chi connectivity index (χ2n) is 5.81. The Labute approximate surface area is 123 Å². The zero-order chi connectivity index (χ0) is 14.2. The highest BCUT2D eigenvalue weighted by atomic mass is 16.5. The van der Waals surface area contributed by atoms with Crippen LogP contribution in [0, 0.1) is 0 Å². The van der Waals surface area contributed by atoms with Gasteiger partial charge in [0.15, 0.2) is 0 Å². The Bertz CT molecular complexity index is 386. The summed E-state index contributed by atoms with van der Waals surface area (Å²) in [6, 6.07) is 4.43. The topological polar surface area (TPSA) is 34.2 Å². The van der Waals surface area contributed by atoms with E-state index in [1.165, 1.54) is 44.1 Å². The van der Waals surface area contributed by atoms with Crippen LogP contribution in [0.25, 0.3) is 0 Å². The number of nitrogens with zero attached hydrogens (tertiary/aromatic N) is 1. The summed E-state index contributed by atoms with van der Waals surface area (Å²) in [5.74, 6) is 0.829. The van der Waals surface area contributed by atoms with Gasteiger partial charge in [-0.1, -0.05) is 25.8 Å². The van der Waals surface area contributed by atoms with Gasteiger partial charge in [0.25, 0.3) is 0 Å². The molecule has 1 aromatic rings. The zero-order valence-corrected chi connectivity index (χ0v) is 12.9. The van der Waals surface area contributed by atoms with Crippen molar-refractivity contribution in [1.29, 1.82) is 0 Å². The quantitative estimate of drug-likeness (QED) is 0.789. The molecule has 3 nitrogen and oxygen atoms in total. The van der Waals surface area contributed by atoms with Crippen molar-refractivity contribution in [2.24, 2.45) is 0 Å². The molecule has 1 atom stereocenters. The lowest BCUT2D eigenvalue weighted by molar-refractivity contribution is 0.173. The van der Waals surface area contributed by atoms with Gasteiger partial charge in [0.05, 0.1) is 0 Å². The molecular formula is C17H28N2O. The average Bonchev–Trinajstić information content (AvgIpc) is 2.74. The normalized spacial score (nSPS) is 18.5. The molecular weight excluding hydrogens is 248 g/mol. The Morgan fingerprint density at radius 3 is 2.75 bits per heavy atom. The van der Waals surface area contributed by atoms with Crippen LogP contribution in [-0.2, 0) is 0 Å². The second kappa shape index (κ2) is 8.25. The molecule has 112 valence electrons. The van der Waals surface area contributed by atoms with Crippen molar-refractivity contribution in [2.45, 2.75) is 70.9 Å². The third-order valence-corrected chi connectivity index (χ3v) is 4.05. The van der Waals surface area contributed by atoms with Crippen molar-refractivity contribution < 1.29 is 4.74 Å². The molecule has 0 aliphatic heterocycles. The van der Waals surface area contributed by atoms with Crippen LogP contribution in [0.5, 0.6) is 5.88 Å². The van der Waals surface area contributed by atoms with E-state index in [0.717, 1.165) is 18.8 Å². The molecule has 1 N–H and O–H groups in total. The van der Waals surface area contributed by atoms with Crippen LogP contribution in [0.1, 0.15) is 70.4 Å². The Hall–Kier alpha value is -1.09. The van der Waals surface area contributed by atoms with Crippen LogP contribution in [0.2, 0.25) is 0 Å². The molecule has 20 heavy (non-hydrogen) atoms. The summed E-state index contributed by atoms with van der Waals surface area (Å²) in [5, 5.41) is 3.52. The first-order valence-corrected chi connectivity index (χ1v) is 8.16. The molecule has 0 amide bonds. The second-order valence-corrected chi connectivity index (χ2v) is 5.81. The molecule has 3 heteroatoms. The summed E-state index contributed by atoms with van der Waals surface area (Å²) in [6.45, 7) is 5.40. The van der Waals surface area contributed by atoms with Gasteiger partial charge in [-0.3, -0.25) is 0 Å². The fourth-order valence-corrected chi connectivity index (χ4v) is 2.82. The van der Waals surface area contributed by atoms with E-state index in [1.54, 1.807) is 0 Å². The summed E-state index contributed by atoms with van der Waals surface area (Å²) in [5.41, 5.74) is 1.19. The van der Waals surface area contributed by atoms with Gasteiger partial charge in [0.1, 0.15) is 6.10 Å². The molecule has 1 aliphatic rings. The fourth-order valence-electron chi connectivity index (χ4n) is 2.82. The van der Waals surface area contributed by atoms with Crippen molar-refractivity contribution in [2.75, 3.05) is 6.54 Å². The molecule has 1 fully saturated rings. The molecule has 1 aromatic heterocycles. The molecule has 0 bridgehead atoms. The first-order valence-electron chi connectivity index (χ1n) is 8.16. The minimum atomic E-state index is 0.296. The van der Waals surface area contributed by atoms with E-state index in [9.17, 15) is 0 Å². The van der Waals surface area contributed by atoms with Crippen molar-refractivity contribution in [3.05, 3.63) is 23.9 Å². The summed E-state index contributed by atoms with van der Waals surface area (Å²) >= 11 is 0. The maximum Gasteiger partial charge on any atom is 0.218 e. The summed E-state index contributed by atoms with van der Waals surface area (Å²) < 4.78 is 6.22. The Morgan fingerprint density at radius 1 is 1.30 bits per heavy atom. The third kappa shape index (κ3) is 4.48. The van der Waals surface area contributed by atoms with Crippen molar-refractivity contribution >= 4 is 0 Å². The van der Waals surface area contributed by atoms with Crippen LogP contribution in [-0.4, -0.2) is 17.6 Å². The van der Waals surface area contributed by atoms with E-state index in [4.69, 9.17) is 4.74 Å². The number of pyridine rings is 1. The predicted octanol–water partition coefficient (Wildman–Crippen LogP) is 4.24. The first-order chi connectivity index (χ1) is 9.81. The zero-order valence-electron chi connectivity index (χ0n) is 12.9. The molecule has 0 radical (unpaired) electrons. The summed E-state index contributed by atoms with van der Waals surface area (Å²) in [4.78, 5) is 4.47. The maximum absolute atomic E-state index is 6.22. The van der Waals surface area contributed by atoms with Gasteiger partial charge >= 0.3 is 0 Å². The Morgan fingerprint density at radius 2 is 2.05 bits per heavy atom. The van der Waals surface area contributed by atoms with Gasteiger partial charge in [-0.2, -0.15) is 0 Å². The monoisotopic (exact) mass is 276 g/mol. The number of hydrogen-bond acceptors (Lipinski definition) is 3. The van der Waals surface area contributed by atoms with Crippen LogP contribution >= 0.6 is 0 Å². The van der Waals surface area contributed by atoms with Gasteiger partial charge in [0.2, 0.25) is 5.88 Å². The fraction of sp³-hybridized carbons (Fsp3) is 0.706. The van der Waals surface area contributed by atoms with Crippen molar-refractivity contribution in [3.8, 4) is 5.88 Å². The van der Waals surface area contributed by atoms with Gasteiger partial charge in [-0.15, -0.1) is 0 Å². The smallest absolute Gasteiger partial charge is 0.218 e. The van der Waals surface area contributed by atoms with Crippen LogP contribution < -0.4 is 10.1 Å². The van der Waals surface area contributed by atoms with Gasteiger partial charge in [-0.25, -0.2) is 4.98 Å². The SMILES string of the molecule is CCCNC(C)c1cccnc1OC1CCCCCC1. The Kier molecular flexibility index (Phi) is 6.31. The van der Waals surface area contributed by atoms with E-state index < -0.39 is 0 Å². The molecule has 0 spiro atoms. The van der Waals surface area contributed by atoms with Crippen molar-refractivity contribution in [3.63, 3.8) is 0 Å². The predicted molar refractivity (Wildman–Crippen MR) is 83.1 cm³/mol. The van der Waals surface area contributed by atoms with Crippen LogP contribution in [0.15, 0.2) is 18.3 Å². The number of aromatic nitrogens is 1. The lowest BCUT2D eigenvalue weighted by atomic mass is 10.1. The van der Waals surface area contributed by atoms with Gasteiger partial charge in [0, 0.05) is 17.8 Å². The third-order valence-electron chi connectivity index (χ3n) is 4.05. The lowest BCUT2D eigenvalue weighted by Crippen LogP contribution is -2.22. The summed E-state index contributed by atoms with van der Waals surface area (Å²) in [7, 11) is 0.